The Kier molecular flexibility index (Phi) is 8.42. The van der Waals surface area contributed by atoms with Gasteiger partial charge in [0, 0.05) is 38.5 Å². The van der Waals surface area contributed by atoms with E-state index in [0.717, 1.165) is 44.3 Å². The van der Waals surface area contributed by atoms with Gasteiger partial charge in [-0.3, -0.25) is 9.89 Å². The van der Waals surface area contributed by atoms with Gasteiger partial charge in [0.05, 0.1) is 12.6 Å². The van der Waals surface area contributed by atoms with E-state index in [-0.39, 0.29) is 0 Å². The maximum atomic E-state index is 10.3. The number of β-amino-alcohol motifs (C(OH)–C–C–N with tert-alkyl or cyclic N) is 1. The van der Waals surface area contributed by atoms with Crippen LogP contribution in [0.1, 0.15) is 18.1 Å². The van der Waals surface area contributed by atoms with E-state index in [9.17, 15) is 5.11 Å². The second kappa shape index (κ2) is 10.6. The van der Waals surface area contributed by atoms with Gasteiger partial charge in [-0.1, -0.05) is 24.3 Å². The van der Waals surface area contributed by atoms with Crippen molar-refractivity contribution in [2.24, 2.45) is 4.99 Å². The number of guanidine groups is 1. The maximum Gasteiger partial charge on any atom is 0.191 e. The smallest absolute Gasteiger partial charge is 0.191 e. The summed E-state index contributed by atoms with van der Waals surface area (Å²) in [5, 5.41) is 16.8. The molecule has 24 heavy (non-hydrogen) atoms. The molecule has 5 nitrogen and oxygen atoms in total. The lowest BCUT2D eigenvalue weighted by molar-refractivity contribution is 0.111. The quantitative estimate of drug-likeness (QED) is 0.375. The molecule has 1 aromatic rings. The summed E-state index contributed by atoms with van der Waals surface area (Å²) in [4.78, 5) is 6.82. The molecule has 0 saturated carbocycles. The van der Waals surface area contributed by atoms with Crippen LogP contribution in [0.15, 0.2) is 29.3 Å². The molecule has 134 valence electrons. The minimum Gasteiger partial charge on any atom is -0.390 e. The first kappa shape index (κ1) is 19.1. The minimum absolute atomic E-state index is 0.423. The lowest BCUT2D eigenvalue weighted by Gasteiger charge is -2.30. The first-order chi connectivity index (χ1) is 11.7. The van der Waals surface area contributed by atoms with Gasteiger partial charge in [0.25, 0.3) is 0 Å². The lowest BCUT2D eigenvalue weighted by atomic mass is 10.00. The van der Waals surface area contributed by atoms with Gasteiger partial charge in [0.2, 0.25) is 0 Å². The average Bonchev–Trinajstić information content (AvgIpc) is 2.60. The largest absolute Gasteiger partial charge is 0.390 e. The van der Waals surface area contributed by atoms with Crippen LogP contribution in [-0.2, 0) is 13.0 Å². The molecule has 1 aliphatic rings. The number of aliphatic hydroxyl groups is 1. The zero-order chi connectivity index (χ0) is 17.2. The van der Waals surface area contributed by atoms with Crippen molar-refractivity contribution in [3.8, 4) is 0 Å². The minimum atomic E-state index is -0.439. The third-order valence-electron chi connectivity index (χ3n) is 4.08. The number of hydrogen-bond acceptors (Lipinski definition) is 4. The van der Waals surface area contributed by atoms with E-state index in [1.165, 1.54) is 11.1 Å². The van der Waals surface area contributed by atoms with E-state index in [4.69, 9.17) is 0 Å². The van der Waals surface area contributed by atoms with Gasteiger partial charge in [-0.25, -0.2) is 0 Å². The molecule has 1 heterocycles. The molecule has 1 atom stereocenters. The van der Waals surface area contributed by atoms with Crippen molar-refractivity contribution in [1.82, 2.24) is 15.5 Å². The third-order valence-corrected chi connectivity index (χ3v) is 4.69. The number of rotatable bonds is 8. The maximum absolute atomic E-state index is 10.3. The van der Waals surface area contributed by atoms with Crippen molar-refractivity contribution in [1.29, 1.82) is 0 Å². The van der Waals surface area contributed by atoms with Crippen LogP contribution in [0.5, 0.6) is 0 Å². The molecule has 0 radical (unpaired) electrons. The Morgan fingerprint density at radius 1 is 1.33 bits per heavy atom. The molecule has 0 amide bonds. The van der Waals surface area contributed by atoms with Crippen molar-refractivity contribution in [2.75, 3.05) is 44.7 Å². The van der Waals surface area contributed by atoms with Crippen LogP contribution >= 0.6 is 11.8 Å². The predicted molar refractivity (Wildman–Crippen MR) is 104 cm³/mol. The average molecular weight is 351 g/mol. The van der Waals surface area contributed by atoms with E-state index in [2.05, 4.69) is 51.0 Å². The van der Waals surface area contributed by atoms with Crippen molar-refractivity contribution in [2.45, 2.75) is 26.0 Å². The Hall–Kier alpha value is -1.24. The van der Waals surface area contributed by atoms with Crippen LogP contribution in [0.2, 0.25) is 0 Å². The number of thioether (sulfide) groups is 1. The number of aliphatic hydroxyl groups excluding tert-OH is 1. The van der Waals surface area contributed by atoms with Crippen molar-refractivity contribution in [3.05, 3.63) is 35.4 Å². The normalized spacial score (nSPS) is 16.5. The number of nitrogens with zero attached hydrogens (tertiary/aromatic N) is 2. The first-order valence-corrected chi connectivity index (χ1v) is 10.1. The van der Waals surface area contributed by atoms with Crippen LogP contribution < -0.4 is 10.6 Å². The molecule has 0 bridgehead atoms. The van der Waals surface area contributed by atoms with Crippen molar-refractivity contribution < 1.29 is 5.11 Å². The fourth-order valence-electron chi connectivity index (χ4n) is 2.88. The first-order valence-electron chi connectivity index (χ1n) is 8.71. The summed E-state index contributed by atoms with van der Waals surface area (Å²) < 4.78 is 0. The fraction of sp³-hybridized carbons (Fsp3) is 0.611. The molecule has 3 N–H and O–H groups in total. The van der Waals surface area contributed by atoms with Gasteiger partial charge in [-0.2, -0.15) is 11.8 Å². The van der Waals surface area contributed by atoms with Crippen molar-refractivity contribution >= 4 is 17.7 Å². The summed E-state index contributed by atoms with van der Waals surface area (Å²) in [6.07, 6.45) is 2.71. The van der Waals surface area contributed by atoms with Crippen molar-refractivity contribution in [3.63, 3.8) is 0 Å². The van der Waals surface area contributed by atoms with Gasteiger partial charge >= 0.3 is 0 Å². The molecule has 6 heteroatoms. The Morgan fingerprint density at radius 3 is 2.88 bits per heavy atom. The van der Waals surface area contributed by atoms with E-state index in [1.807, 2.05) is 6.92 Å². The SMILES string of the molecule is CCNC(=NCC(O)CN1CCc2ccccc2C1)NCCSC. The Bertz CT molecular complexity index is 523. The zero-order valence-corrected chi connectivity index (χ0v) is 15.6. The Morgan fingerprint density at radius 2 is 2.12 bits per heavy atom. The molecule has 1 aromatic carbocycles. The molecule has 1 aliphatic heterocycles. The molecule has 0 spiro atoms. The summed E-state index contributed by atoms with van der Waals surface area (Å²) in [5.74, 6) is 1.83. The van der Waals surface area contributed by atoms with Crippen LogP contribution in [-0.4, -0.2) is 66.8 Å². The molecule has 0 saturated heterocycles. The molecular formula is C18H30N4OS. The van der Waals surface area contributed by atoms with E-state index >= 15 is 0 Å². The summed E-state index contributed by atoms with van der Waals surface area (Å²) in [6.45, 7) is 6.77. The Labute approximate surface area is 149 Å². The molecular weight excluding hydrogens is 320 g/mol. The second-order valence-electron chi connectivity index (χ2n) is 6.05. The van der Waals surface area contributed by atoms with Gasteiger partial charge < -0.3 is 15.7 Å². The molecule has 1 unspecified atom stereocenters. The van der Waals surface area contributed by atoms with Gasteiger partial charge in [-0.05, 0) is 30.7 Å². The number of benzene rings is 1. The predicted octanol–water partition coefficient (Wildman–Crippen LogP) is 1.32. The number of hydrogen-bond donors (Lipinski definition) is 3. The fourth-order valence-corrected chi connectivity index (χ4v) is 3.18. The summed E-state index contributed by atoms with van der Waals surface area (Å²) >= 11 is 1.80. The molecule has 2 rings (SSSR count). The van der Waals surface area contributed by atoms with Crippen LogP contribution in [0.25, 0.3) is 0 Å². The lowest BCUT2D eigenvalue weighted by Crippen LogP contribution is -2.40. The molecule has 0 fully saturated rings. The monoisotopic (exact) mass is 350 g/mol. The third kappa shape index (κ3) is 6.34. The number of aliphatic imine (C=N–C) groups is 1. The highest BCUT2D eigenvalue weighted by Gasteiger charge is 2.18. The summed E-state index contributed by atoms with van der Waals surface area (Å²) in [6, 6.07) is 8.58. The number of nitrogens with one attached hydrogen (secondary N) is 2. The highest BCUT2D eigenvalue weighted by atomic mass is 32.2. The van der Waals surface area contributed by atoms with E-state index in [0.29, 0.717) is 13.1 Å². The topological polar surface area (TPSA) is 59.9 Å². The standard InChI is InChI=1S/C18H30N4OS/c1-3-19-18(20-9-11-24-2)21-12-17(23)14-22-10-8-15-6-4-5-7-16(15)13-22/h4-7,17,23H,3,8-14H2,1-2H3,(H2,19,20,21). The highest BCUT2D eigenvalue weighted by Crippen LogP contribution is 2.18. The van der Waals surface area contributed by atoms with Crippen LogP contribution in [0.3, 0.4) is 0 Å². The van der Waals surface area contributed by atoms with Gasteiger partial charge in [-0.15, -0.1) is 0 Å². The van der Waals surface area contributed by atoms with E-state index in [1.54, 1.807) is 11.8 Å². The zero-order valence-electron chi connectivity index (χ0n) is 14.8. The van der Waals surface area contributed by atoms with Crippen LogP contribution in [0, 0.1) is 0 Å². The molecule has 0 aromatic heterocycles. The number of fused-ring (bicyclic) bond motifs is 1. The Balaban J connectivity index is 1.79. The van der Waals surface area contributed by atoms with Gasteiger partial charge in [0.15, 0.2) is 5.96 Å². The summed E-state index contributed by atoms with van der Waals surface area (Å²) in [7, 11) is 0. The summed E-state index contributed by atoms with van der Waals surface area (Å²) in [5.41, 5.74) is 2.82. The van der Waals surface area contributed by atoms with Gasteiger partial charge in [0.1, 0.15) is 0 Å². The molecule has 0 aliphatic carbocycles. The second-order valence-corrected chi connectivity index (χ2v) is 7.03. The highest BCUT2D eigenvalue weighted by molar-refractivity contribution is 7.98. The van der Waals surface area contributed by atoms with Crippen LogP contribution in [0.4, 0.5) is 0 Å². The van der Waals surface area contributed by atoms with E-state index < -0.39 is 6.10 Å².